The van der Waals surface area contributed by atoms with Crippen molar-refractivity contribution >= 4 is 5.97 Å². The van der Waals surface area contributed by atoms with Gasteiger partial charge in [0.25, 0.3) is 0 Å². The summed E-state index contributed by atoms with van der Waals surface area (Å²) in [5, 5.41) is 0. The van der Waals surface area contributed by atoms with Crippen LogP contribution < -0.4 is 4.74 Å². The molecule has 0 aliphatic rings. The molecule has 0 aromatic heterocycles. The van der Waals surface area contributed by atoms with Gasteiger partial charge >= 0.3 is 5.97 Å². The largest absolute Gasteiger partial charge is 0.427 e. The average molecular weight is 340 g/mol. The number of rotatable bonds is 4. The molecule has 0 heterocycles. The Morgan fingerprint density at radius 3 is 2.00 bits per heavy atom. The lowest BCUT2D eigenvalue weighted by molar-refractivity contribution is -0.134. The van der Waals surface area contributed by atoms with Gasteiger partial charge in [-0.1, -0.05) is 59.9 Å². The lowest BCUT2D eigenvalue weighted by Gasteiger charge is -2.04. The lowest BCUT2D eigenvalue weighted by atomic mass is 10.1. The zero-order valence-corrected chi connectivity index (χ0v) is 14.7. The second-order valence-corrected chi connectivity index (χ2v) is 6.10. The van der Waals surface area contributed by atoms with Crippen LogP contribution in [0.15, 0.2) is 78.9 Å². The van der Waals surface area contributed by atoms with Gasteiger partial charge in [0.15, 0.2) is 0 Å². The summed E-state index contributed by atoms with van der Waals surface area (Å²) in [7, 11) is 0. The second-order valence-electron chi connectivity index (χ2n) is 6.10. The second kappa shape index (κ2) is 8.69. The fourth-order valence-corrected chi connectivity index (χ4v) is 2.45. The maximum Gasteiger partial charge on any atom is 0.311 e. The van der Waals surface area contributed by atoms with E-state index in [2.05, 4.69) is 30.9 Å². The smallest absolute Gasteiger partial charge is 0.311 e. The van der Waals surface area contributed by atoms with Crippen LogP contribution in [0.3, 0.4) is 0 Å². The van der Waals surface area contributed by atoms with Crippen molar-refractivity contribution in [3.05, 3.63) is 101 Å². The minimum atomic E-state index is -0.223. The first kappa shape index (κ1) is 17.5. The molecule has 3 aromatic carbocycles. The van der Waals surface area contributed by atoms with Crippen LogP contribution in [-0.4, -0.2) is 5.97 Å². The average Bonchev–Trinajstić information content (AvgIpc) is 2.67. The summed E-state index contributed by atoms with van der Waals surface area (Å²) >= 11 is 0. The lowest BCUT2D eigenvalue weighted by Crippen LogP contribution is -2.08. The molecule has 0 unspecified atom stereocenters. The van der Waals surface area contributed by atoms with Gasteiger partial charge in [-0.25, -0.2) is 0 Å². The molecule has 0 saturated heterocycles. The first-order valence-electron chi connectivity index (χ1n) is 8.62. The van der Waals surface area contributed by atoms with E-state index < -0.39 is 0 Å². The van der Waals surface area contributed by atoms with E-state index in [0.717, 1.165) is 16.7 Å². The molecular formula is C24H20O2. The van der Waals surface area contributed by atoms with Gasteiger partial charge in [-0.05, 0) is 55.3 Å². The highest BCUT2D eigenvalue weighted by Crippen LogP contribution is 2.11. The first-order valence-corrected chi connectivity index (χ1v) is 8.62. The zero-order chi connectivity index (χ0) is 18.2. The molecule has 0 saturated carbocycles. The molecule has 26 heavy (non-hydrogen) atoms. The van der Waals surface area contributed by atoms with Crippen LogP contribution in [0.5, 0.6) is 5.75 Å². The summed E-state index contributed by atoms with van der Waals surface area (Å²) in [5.41, 5.74) is 4.28. The van der Waals surface area contributed by atoms with Crippen molar-refractivity contribution in [3.8, 4) is 17.6 Å². The van der Waals surface area contributed by atoms with E-state index in [1.165, 1.54) is 5.56 Å². The maximum atomic E-state index is 11.9. The predicted octanol–water partition coefficient (Wildman–Crippen LogP) is 4.93. The fourth-order valence-electron chi connectivity index (χ4n) is 2.45. The number of hydrogen-bond donors (Lipinski definition) is 0. The third kappa shape index (κ3) is 5.36. The molecule has 0 atom stereocenters. The highest BCUT2D eigenvalue weighted by molar-refractivity contribution is 5.72. The molecule has 2 heteroatoms. The molecule has 0 radical (unpaired) electrons. The topological polar surface area (TPSA) is 26.3 Å². The maximum absolute atomic E-state index is 11.9. The van der Waals surface area contributed by atoms with E-state index in [9.17, 15) is 4.79 Å². The molecule has 3 aromatic rings. The summed E-state index contributed by atoms with van der Waals surface area (Å²) in [5.74, 6) is 6.68. The number of ether oxygens (including phenoxy) is 1. The Labute approximate surface area is 154 Å². The van der Waals surface area contributed by atoms with Gasteiger partial charge in [0.05, 0.1) is 0 Å². The van der Waals surface area contributed by atoms with Gasteiger partial charge in [0.2, 0.25) is 0 Å². The monoisotopic (exact) mass is 340 g/mol. The summed E-state index contributed by atoms with van der Waals surface area (Å²) in [6.07, 6.45) is 1.00. The third-order valence-electron chi connectivity index (χ3n) is 3.95. The van der Waals surface area contributed by atoms with Crippen LogP contribution >= 0.6 is 0 Å². The Morgan fingerprint density at radius 1 is 0.808 bits per heavy atom. The molecular weight excluding hydrogens is 320 g/mol. The van der Waals surface area contributed by atoms with Crippen molar-refractivity contribution in [2.45, 2.75) is 19.8 Å². The molecule has 0 amide bonds. The van der Waals surface area contributed by atoms with E-state index in [1.807, 2.05) is 54.6 Å². The molecule has 0 aliphatic heterocycles. The number of hydrogen-bond acceptors (Lipinski definition) is 2. The normalized spacial score (nSPS) is 9.88. The first-order chi connectivity index (χ1) is 12.7. The molecule has 2 nitrogen and oxygen atoms in total. The van der Waals surface area contributed by atoms with Gasteiger partial charge in [-0.2, -0.15) is 0 Å². The number of para-hydroxylation sites is 1. The van der Waals surface area contributed by atoms with Crippen molar-refractivity contribution in [2.24, 2.45) is 0 Å². The number of aryl methyl sites for hydroxylation is 2. The standard InChI is InChI=1S/C24H20O2/c1-19-7-9-20(10-8-19)11-12-21-13-15-22(16-14-21)17-18-24(25)26-23-5-3-2-4-6-23/h2-10,13-16H,17-18H2,1H3. The minimum Gasteiger partial charge on any atom is -0.427 e. The highest BCUT2D eigenvalue weighted by Gasteiger charge is 2.05. The Kier molecular flexibility index (Phi) is 5.85. The molecule has 0 spiro atoms. The van der Waals surface area contributed by atoms with Gasteiger partial charge in [-0.15, -0.1) is 0 Å². The van der Waals surface area contributed by atoms with Crippen LogP contribution in [0.2, 0.25) is 0 Å². The number of benzene rings is 3. The Hall–Kier alpha value is -3.31. The quantitative estimate of drug-likeness (QED) is 0.382. The third-order valence-corrected chi connectivity index (χ3v) is 3.95. The van der Waals surface area contributed by atoms with E-state index in [4.69, 9.17) is 4.74 Å². The van der Waals surface area contributed by atoms with Crippen molar-refractivity contribution in [3.63, 3.8) is 0 Å². The van der Waals surface area contributed by atoms with Gasteiger partial charge in [0.1, 0.15) is 5.75 Å². The molecule has 0 fully saturated rings. The van der Waals surface area contributed by atoms with Crippen LogP contribution in [-0.2, 0) is 11.2 Å². The number of esters is 1. The Balaban J connectivity index is 1.53. The Bertz CT molecular complexity index is 912. The van der Waals surface area contributed by atoms with Crippen molar-refractivity contribution in [1.29, 1.82) is 0 Å². The van der Waals surface area contributed by atoms with Crippen molar-refractivity contribution < 1.29 is 9.53 Å². The molecule has 3 rings (SSSR count). The van der Waals surface area contributed by atoms with E-state index in [0.29, 0.717) is 18.6 Å². The van der Waals surface area contributed by atoms with Crippen LogP contribution in [0.1, 0.15) is 28.7 Å². The Morgan fingerprint density at radius 2 is 1.38 bits per heavy atom. The summed E-state index contributed by atoms with van der Waals surface area (Å²) < 4.78 is 5.29. The zero-order valence-electron chi connectivity index (χ0n) is 14.7. The van der Waals surface area contributed by atoms with Crippen molar-refractivity contribution in [1.82, 2.24) is 0 Å². The predicted molar refractivity (Wildman–Crippen MR) is 104 cm³/mol. The molecule has 0 aliphatic carbocycles. The molecule has 0 N–H and O–H groups in total. The van der Waals surface area contributed by atoms with Gasteiger partial charge < -0.3 is 4.74 Å². The summed E-state index contributed by atoms with van der Waals surface area (Å²) in [6.45, 7) is 2.06. The van der Waals surface area contributed by atoms with Gasteiger partial charge in [0, 0.05) is 17.5 Å². The van der Waals surface area contributed by atoms with Crippen LogP contribution in [0.4, 0.5) is 0 Å². The molecule has 128 valence electrons. The highest BCUT2D eigenvalue weighted by atomic mass is 16.5. The van der Waals surface area contributed by atoms with Crippen LogP contribution in [0.25, 0.3) is 0 Å². The van der Waals surface area contributed by atoms with E-state index in [1.54, 1.807) is 12.1 Å². The fraction of sp³-hybridized carbons (Fsp3) is 0.125. The van der Waals surface area contributed by atoms with Gasteiger partial charge in [-0.3, -0.25) is 4.79 Å². The van der Waals surface area contributed by atoms with E-state index in [-0.39, 0.29) is 5.97 Å². The van der Waals surface area contributed by atoms with Crippen molar-refractivity contribution in [2.75, 3.05) is 0 Å². The minimum absolute atomic E-state index is 0.223. The number of carbonyl (C=O) groups is 1. The number of carbonyl (C=O) groups excluding carboxylic acids is 1. The molecule has 0 bridgehead atoms. The summed E-state index contributed by atoms with van der Waals surface area (Å²) in [4.78, 5) is 11.9. The SMILES string of the molecule is Cc1ccc(C#Cc2ccc(CCC(=O)Oc3ccccc3)cc2)cc1. The van der Waals surface area contributed by atoms with Crippen LogP contribution in [0, 0.1) is 18.8 Å². The summed E-state index contributed by atoms with van der Waals surface area (Å²) in [6, 6.07) is 25.3. The van der Waals surface area contributed by atoms with E-state index >= 15 is 0 Å².